The number of para-hydroxylation sites is 1. The van der Waals surface area contributed by atoms with Crippen molar-refractivity contribution in [2.75, 3.05) is 5.43 Å². The van der Waals surface area contributed by atoms with Crippen LogP contribution in [-0.4, -0.2) is 11.1 Å². The van der Waals surface area contributed by atoms with Gasteiger partial charge in [-0.05, 0) is 42.0 Å². The van der Waals surface area contributed by atoms with Crippen LogP contribution >= 0.6 is 0 Å². The molecule has 1 N–H and O–H groups in total. The Bertz CT molecular complexity index is 941. The largest absolute Gasteiger partial charge is 0.488 e. The van der Waals surface area contributed by atoms with Crippen LogP contribution in [0.15, 0.2) is 77.9 Å². The number of ether oxygens (including phenoxy) is 1. The van der Waals surface area contributed by atoms with Crippen LogP contribution in [0.3, 0.4) is 0 Å². The van der Waals surface area contributed by atoms with E-state index in [0.29, 0.717) is 18.0 Å². The summed E-state index contributed by atoms with van der Waals surface area (Å²) in [5.74, 6) is 0.347. The number of hydrogen-bond donors (Lipinski definition) is 1. The number of hydrogen-bond acceptors (Lipinski definition) is 5. The second-order valence-electron chi connectivity index (χ2n) is 5.63. The maximum absolute atomic E-state index is 13.0. The van der Waals surface area contributed by atoms with Gasteiger partial charge in [0.25, 0.3) is 5.69 Å². The van der Waals surface area contributed by atoms with E-state index < -0.39 is 4.92 Å². The van der Waals surface area contributed by atoms with E-state index in [4.69, 9.17) is 4.74 Å². The lowest BCUT2D eigenvalue weighted by molar-refractivity contribution is -0.384. The number of nitro benzene ring substituents is 1. The number of nitro groups is 1. The van der Waals surface area contributed by atoms with Crippen LogP contribution in [0.1, 0.15) is 11.1 Å². The van der Waals surface area contributed by atoms with Crippen LogP contribution < -0.4 is 10.2 Å². The Kier molecular flexibility index (Phi) is 5.73. The monoisotopic (exact) mass is 365 g/mol. The maximum Gasteiger partial charge on any atom is 0.269 e. The van der Waals surface area contributed by atoms with Gasteiger partial charge < -0.3 is 4.74 Å². The topological polar surface area (TPSA) is 76.8 Å². The zero-order valence-corrected chi connectivity index (χ0v) is 14.2. The molecule has 3 rings (SSSR count). The summed E-state index contributed by atoms with van der Waals surface area (Å²) >= 11 is 0. The fourth-order valence-electron chi connectivity index (χ4n) is 2.29. The highest BCUT2D eigenvalue weighted by molar-refractivity contribution is 5.84. The fourth-order valence-corrected chi connectivity index (χ4v) is 2.29. The molecule has 0 amide bonds. The first kappa shape index (κ1) is 18.1. The summed E-state index contributed by atoms with van der Waals surface area (Å²) in [5, 5.41) is 14.8. The highest BCUT2D eigenvalue weighted by Gasteiger charge is 2.04. The summed E-state index contributed by atoms with van der Waals surface area (Å²) in [6.45, 7) is 0.306. The van der Waals surface area contributed by atoms with Gasteiger partial charge in [-0.3, -0.25) is 15.5 Å². The lowest BCUT2D eigenvalue weighted by Crippen LogP contribution is -1.99. The third kappa shape index (κ3) is 5.12. The summed E-state index contributed by atoms with van der Waals surface area (Å²) in [5.41, 5.74) is 5.07. The first-order chi connectivity index (χ1) is 13.1. The number of benzene rings is 3. The molecule has 0 radical (unpaired) electrons. The van der Waals surface area contributed by atoms with Gasteiger partial charge in [0.1, 0.15) is 18.2 Å². The zero-order chi connectivity index (χ0) is 19.1. The molecule has 6 nitrogen and oxygen atoms in total. The average molecular weight is 365 g/mol. The Morgan fingerprint density at radius 2 is 1.74 bits per heavy atom. The molecular weight excluding hydrogens is 349 g/mol. The van der Waals surface area contributed by atoms with E-state index in [1.807, 2.05) is 24.3 Å². The lowest BCUT2D eigenvalue weighted by Gasteiger charge is -2.09. The predicted molar refractivity (Wildman–Crippen MR) is 101 cm³/mol. The Morgan fingerprint density at radius 1 is 1.04 bits per heavy atom. The number of hydrazone groups is 1. The van der Waals surface area contributed by atoms with Crippen molar-refractivity contribution in [3.63, 3.8) is 0 Å². The number of rotatable bonds is 7. The third-order valence-corrected chi connectivity index (χ3v) is 3.70. The Morgan fingerprint density at radius 3 is 2.44 bits per heavy atom. The minimum absolute atomic E-state index is 0.0177. The molecule has 0 atom stereocenters. The van der Waals surface area contributed by atoms with Crippen molar-refractivity contribution in [1.82, 2.24) is 0 Å². The lowest BCUT2D eigenvalue weighted by atomic mass is 10.2. The van der Waals surface area contributed by atoms with Crippen LogP contribution in [0.5, 0.6) is 5.75 Å². The van der Waals surface area contributed by atoms with Crippen molar-refractivity contribution in [1.29, 1.82) is 0 Å². The van der Waals surface area contributed by atoms with E-state index in [1.165, 1.54) is 24.3 Å². The normalized spacial score (nSPS) is 10.7. The minimum Gasteiger partial charge on any atom is -0.488 e. The molecule has 0 aliphatic rings. The molecular formula is C20H16FN3O3. The van der Waals surface area contributed by atoms with Gasteiger partial charge in [-0.25, -0.2) is 4.39 Å². The molecule has 0 aromatic heterocycles. The standard InChI is InChI=1S/C20H16FN3O3/c21-17-7-5-15(6-8-17)14-27-20-4-2-1-3-16(20)13-22-23-18-9-11-19(12-10-18)24(25)26/h1-13,23H,14H2. The molecule has 0 heterocycles. The molecule has 0 saturated carbocycles. The minimum atomic E-state index is -0.457. The highest BCUT2D eigenvalue weighted by atomic mass is 19.1. The maximum atomic E-state index is 13.0. The van der Waals surface area contributed by atoms with Crippen LogP contribution in [-0.2, 0) is 6.61 Å². The number of anilines is 1. The summed E-state index contributed by atoms with van der Waals surface area (Å²) < 4.78 is 18.7. The van der Waals surface area contributed by atoms with Gasteiger partial charge in [-0.15, -0.1) is 0 Å². The molecule has 0 unspecified atom stereocenters. The van der Waals surface area contributed by atoms with Crippen molar-refractivity contribution in [2.45, 2.75) is 6.61 Å². The van der Waals surface area contributed by atoms with E-state index in [2.05, 4.69) is 10.5 Å². The Balaban J connectivity index is 1.63. The Labute approximate surface area is 155 Å². The van der Waals surface area contributed by atoms with Crippen LogP contribution in [0.2, 0.25) is 0 Å². The van der Waals surface area contributed by atoms with Crippen molar-refractivity contribution in [3.8, 4) is 5.75 Å². The van der Waals surface area contributed by atoms with E-state index in [-0.39, 0.29) is 11.5 Å². The van der Waals surface area contributed by atoms with Gasteiger partial charge in [0.05, 0.1) is 16.8 Å². The van der Waals surface area contributed by atoms with Crippen molar-refractivity contribution in [2.24, 2.45) is 5.10 Å². The van der Waals surface area contributed by atoms with Crippen LogP contribution in [0, 0.1) is 15.9 Å². The first-order valence-corrected chi connectivity index (χ1v) is 8.11. The quantitative estimate of drug-likeness (QED) is 0.372. The third-order valence-electron chi connectivity index (χ3n) is 3.70. The number of non-ortho nitro benzene ring substituents is 1. The van der Waals surface area contributed by atoms with Gasteiger partial charge in [-0.1, -0.05) is 24.3 Å². The van der Waals surface area contributed by atoms with Gasteiger partial charge in [0, 0.05) is 17.7 Å². The molecule has 3 aromatic rings. The van der Waals surface area contributed by atoms with Crippen LogP contribution in [0.25, 0.3) is 0 Å². The molecule has 0 spiro atoms. The van der Waals surface area contributed by atoms with Crippen molar-refractivity contribution >= 4 is 17.6 Å². The Hall–Kier alpha value is -3.74. The molecule has 0 aliphatic carbocycles. The summed E-state index contributed by atoms with van der Waals surface area (Å²) in [7, 11) is 0. The van der Waals surface area contributed by atoms with Crippen LogP contribution in [0.4, 0.5) is 15.8 Å². The first-order valence-electron chi connectivity index (χ1n) is 8.11. The second-order valence-corrected chi connectivity index (χ2v) is 5.63. The van der Waals surface area contributed by atoms with Gasteiger partial charge in [-0.2, -0.15) is 5.10 Å². The number of halogens is 1. The average Bonchev–Trinajstić information content (AvgIpc) is 2.69. The van der Waals surface area contributed by atoms with Crippen molar-refractivity contribution < 1.29 is 14.1 Å². The zero-order valence-electron chi connectivity index (χ0n) is 14.2. The molecule has 136 valence electrons. The van der Waals surface area contributed by atoms with Gasteiger partial charge in [0.2, 0.25) is 0 Å². The smallest absolute Gasteiger partial charge is 0.269 e. The molecule has 27 heavy (non-hydrogen) atoms. The van der Waals surface area contributed by atoms with E-state index >= 15 is 0 Å². The van der Waals surface area contributed by atoms with Gasteiger partial charge in [0.15, 0.2) is 0 Å². The molecule has 3 aromatic carbocycles. The predicted octanol–water partition coefficient (Wildman–Crippen LogP) is 4.76. The van der Waals surface area contributed by atoms with E-state index in [1.54, 1.807) is 30.5 Å². The SMILES string of the molecule is O=[N+]([O-])c1ccc(NN=Cc2ccccc2OCc2ccc(F)cc2)cc1. The summed E-state index contributed by atoms with van der Waals surface area (Å²) in [6, 6.07) is 19.4. The van der Waals surface area contributed by atoms with E-state index in [0.717, 1.165) is 11.1 Å². The molecule has 7 heteroatoms. The van der Waals surface area contributed by atoms with Crippen molar-refractivity contribution in [3.05, 3.63) is 99.9 Å². The molecule has 0 bridgehead atoms. The number of nitrogens with one attached hydrogen (secondary N) is 1. The fraction of sp³-hybridized carbons (Fsp3) is 0.0500. The second kappa shape index (κ2) is 8.57. The summed E-state index contributed by atoms with van der Waals surface area (Å²) in [4.78, 5) is 10.2. The number of nitrogens with zero attached hydrogens (tertiary/aromatic N) is 2. The highest BCUT2D eigenvalue weighted by Crippen LogP contribution is 2.19. The van der Waals surface area contributed by atoms with Gasteiger partial charge >= 0.3 is 0 Å². The molecule has 0 saturated heterocycles. The van der Waals surface area contributed by atoms with E-state index in [9.17, 15) is 14.5 Å². The summed E-state index contributed by atoms with van der Waals surface area (Å²) in [6.07, 6.45) is 1.60. The molecule has 0 fully saturated rings. The molecule has 0 aliphatic heterocycles.